The Morgan fingerprint density at radius 3 is 1.73 bits per heavy atom. The molecule has 0 amide bonds. The van der Waals surface area contributed by atoms with Crippen LogP contribution < -0.4 is 0 Å². The minimum atomic E-state index is 0.993. The summed E-state index contributed by atoms with van der Waals surface area (Å²) in [5.41, 5.74) is 6.47. The fraction of sp³-hybridized carbons (Fsp3) is 0.0909. The van der Waals surface area contributed by atoms with Gasteiger partial charge in [0, 0.05) is 0 Å². The summed E-state index contributed by atoms with van der Waals surface area (Å²) in [6.07, 6.45) is 0.993. The van der Waals surface area contributed by atoms with Gasteiger partial charge in [0.05, 0.1) is 0 Å². The first-order chi connectivity index (χ1) is 10.9. The monoisotopic (exact) mass is 283 g/mol. The maximum absolute atomic E-state index is 3.11. The summed E-state index contributed by atoms with van der Waals surface area (Å²) in [5.74, 6) is 0. The van der Waals surface area contributed by atoms with Crippen LogP contribution in [0.3, 0.4) is 0 Å². The highest BCUT2D eigenvalue weighted by molar-refractivity contribution is 5.98. The Bertz CT molecular complexity index is 696. The third-order valence-corrected chi connectivity index (χ3v) is 3.85. The van der Waals surface area contributed by atoms with Crippen LogP contribution in [-0.2, 0) is 0 Å². The van der Waals surface area contributed by atoms with E-state index in [-0.39, 0.29) is 0 Å². The molecular formula is C22H19. The van der Waals surface area contributed by atoms with Crippen molar-refractivity contribution in [2.45, 2.75) is 13.3 Å². The van der Waals surface area contributed by atoms with Crippen molar-refractivity contribution in [3.05, 3.63) is 108 Å². The quantitative estimate of drug-likeness (QED) is 0.526. The highest BCUT2D eigenvalue weighted by atomic mass is 14.2. The molecule has 1 radical (unpaired) electrons. The van der Waals surface area contributed by atoms with Gasteiger partial charge in [-0.05, 0) is 40.3 Å². The van der Waals surface area contributed by atoms with Gasteiger partial charge in [0.1, 0.15) is 0 Å². The molecule has 0 N–H and O–H groups in total. The van der Waals surface area contributed by atoms with Crippen molar-refractivity contribution in [2.75, 3.05) is 0 Å². The van der Waals surface area contributed by atoms with E-state index in [9.17, 15) is 0 Å². The van der Waals surface area contributed by atoms with Gasteiger partial charge in [0.2, 0.25) is 0 Å². The predicted molar refractivity (Wildman–Crippen MR) is 94.4 cm³/mol. The number of hydrogen-bond donors (Lipinski definition) is 0. The van der Waals surface area contributed by atoms with Crippen LogP contribution in [0, 0.1) is 6.07 Å². The summed E-state index contributed by atoms with van der Waals surface area (Å²) in [6.45, 7) is 2.22. The average molecular weight is 283 g/mol. The largest absolute Gasteiger partial charge is 0.0622 e. The van der Waals surface area contributed by atoms with E-state index < -0.39 is 0 Å². The van der Waals surface area contributed by atoms with Crippen molar-refractivity contribution in [2.24, 2.45) is 0 Å². The molecule has 0 heterocycles. The summed E-state index contributed by atoms with van der Waals surface area (Å²) in [4.78, 5) is 0. The molecule has 107 valence electrons. The van der Waals surface area contributed by atoms with E-state index in [0.717, 1.165) is 6.42 Å². The molecule has 0 fully saturated rings. The SMILES string of the molecule is CCC(=C(c1cc[c]cc1)c1ccccc1)c1ccccc1. The van der Waals surface area contributed by atoms with Crippen LogP contribution in [0.15, 0.2) is 84.9 Å². The lowest BCUT2D eigenvalue weighted by molar-refractivity contribution is 1.24. The number of hydrogen-bond acceptors (Lipinski definition) is 0. The van der Waals surface area contributed by atoms with E-state index in [2.05, 4.69) is 85.8 Å². The fourth-order valence-corrected chi connectivity index (χ4v) is 2.84. The van der Waals surface area contributed by atoms with Crippen LogP contribution in [0.4, 0.5) is 0 Å². The van der Waals surface area contributed by atoms with Crippen LogP contribution in [0.2, 0.25) is 0 Å². The van der Waals surface area contributed by atoms with Gasteiger partial charge in [-0.15, -0.1) is 0 Å². The van der Waals surface area contributed by atoms with Gasteiger partial charge >= 0.3 is 0 Å². The maximum atomic E-state index is 3.11. The summed E-state index contributed by atoms with van der Waals surface area (Å²) in [6, 6.07) is 32.6. The van der Waals surface area contributed by atoms with Crippen molar-refractivity contribution in [3.8, 4) is 0 Å². The summed E-state index contributed by atoms with van der Waals surface area (Å²) in [5, 5.41) is 0. The second kappa shape index (κ2) is 6.91. The summed E-state index contributed by atoms with van der Waals surface area (Å²) >= 11 is 0. The molecule has 22 heavy (non-hydrogen) atoms. The van der Waals surface area contributed by atoms with Gasteiger partial charge in [-0.1, -0.05) is 91.9 Å². The van der Waals surface area contributed by atoms with Crippen molar-refractivity contribution in [3.63, 3.8) is 0 Å². The van der Waals surface area contributed by atoms with Gasteiger partial charge in [-0.3, -0.25) is 0 Å². The number of allylic oxidation sites excluding steroid dienone is 1. The Morgan fingerprint density at radius 1 is 0.682 bits per heavy atom. The smallest absolute Gasteiger partial charge is 0.00735 e. The zero-order valence-electron chi connectivity index (χ0n) is 12.8. The van der Waals surface area contributed by atoms with E-state index in [1.165, 1.54) is 27.8 Å². The second-order valence-electron chi connectivity index (χ2n) is 5.23. The van der Waals surface area contributed by atoms with Gasteiger partial charge in [0.15, 0.2) is 0 Å². The Labute approximate surface area is 132 Å². The average Bonchev–Trinajstić information content (AvgIpc) is 2.62. The van der Waals surface area contributed by atoms with Crippen molar-refractivity contribution in [1.82, 2.24) is 0 Å². The lowest BCUT2D eigenvalue weighted by Crippen LogP contribution is -1.94. The summed E-state index contributed by atoms with van der Waals surface area (Å²) < 4.78 is 0. The van der Waals surface area contributed by atoms with Crippen molar-refractivity contribution < 1.29 is 0 Å². The molecule has 0 spiro atoms. The Kier molecular flexibility index (Phi) is 4.50. The molecule has 0 heteroatoms. The van der Waals surface area contributed by atoms with Gasteiger partial charge in [0.25, 0.3) is 0 Å². The molecule has 0 unspecified atom stereocenters. The molecule has 0 aliphatic heterocycles. The Hall–Kier alpha value is -2.60. The minimum Gasteiger partial charge on any atom is -0.0622 e. The van der Waals surface area contributed by atoms with Crippen LogP contribution in [0.25, 0.3) is 11.1 Å². The minimum absolute atomic E-state index is 0.993. The van der Waals surface area contributed by atoms with Crippen LogP contribution in [0.1, 0.15) is 30.0 Å². The second-order valence-corrected chi connectivity index (χ2v) is 5.23. The lowest BCUT2D eigenvalue weighted by atomic mass is 9.88. The fourth-order valence-electron chi connectivity index (χ4n) is 2.84. The molecule has 3 rings (SSSR count). The predicted octanol–water partition coefficient (Wildman–Crippen LogP) is 5.86. The lowest BCUT2D eigenvalue weighted by Gasteiger charge is -2.16. The molecule has 0 atom stereocenters. The van der Waals surface area contributed by atoms with Gasteiger partial charge in [-0.25, -0.2) is 0 Å². The third kappa shape index (κ3) is 3.01. The van der Waals surface area contributed by atoms with Gasteiger partial charge < -0.3 is 0 Å². The molecule has 0 saturated carbocycles. The third-order valence-electron chi connectivity index (χ3n) is 3.85. The summed E-state index contributed by atoms with van der Waals surface area (Å²) in [7, 11) is 0. The van der Waals surface area contributed by atoms with Crippen molar-refractivity contribution >= 4 is 11.1 Å². The van der Waals surface area contributed by atoms with E-state index in [1.54, 1.807) is 0 Å². The molecular weight excluding hydrogens is 264 g/mol. The zero-order chi connectivity index (χ0) is 15.2. The highest BCUT2D eigenvalue weighted by Gasteiger charge is 2.12. The highest BCUT2D eigenvalue weighted by Crippen LogP contribution is 2.33. The maximum Gasteiger partial charge on any atom is -0.00735 e. The standard InChI is InChI=1S/C22H19/c1-2-21(18-12-6-3-7-13-18)22(19-14-8-4-9-15-19)20-16-10-5-11-17-20/h3-4,6-17H,2H2,1H3. The van der Waals surface area contributed by atoms with Crippen LogP contribution in [0.5, 0.6) is 0 Å². The van der Waals surface area contributed by atoms with E-state index in [0.29, 0.717) is 0 Å². The molecule has 3 aromatic carbocycles. The Morgan fingerprint density at radius 2 is 1.18 bits per heavy atom. The van der Waals surface area contributed by atoms with E-state index in [1.807, 2.05) is 12.1 Å². The molecule has 0 bridgehead atoms. The topological polar surface area (TPSA) is 0 Å². The molecule has 0 aliphatic rings. The number of benzene rings is 3. The zero-order valence-corrected chi connectivity index (χ0v) is 12.8. The number of rotatable bonds is 4. The normalized spacial score (nSPS) is 11.9. The van der Waals surface area contributed by atoms with Crippen LogP contribution >= 0.6 is 0 Å². The molecule has 0 aromatic heterocycles. The first-order valence-electron chi connectivity index (χ1n) is 7.70. The molecule has 0 aliphatic carbocycles. The molecule has 0 saturated heterocycles. The van der Waals surface area contributed by atoms with E-state index >= 15 is 0 Å². The van der Waals surface area contributed by atoms with Crippen molar-refractivity contribution in [1.29, 1.82) is 0 Å². The van der Waals surface area contributed by atoms with E-state index in [4.69, 9.17) is 0 Å². The first-order valence-corrected chi connectivity index (χ1v) is 7.70. The van der Waals surface area contributed by atoms with Crippen LogP contribution in [-0.4, -0.2) is 0 Å². The molecule has 0 nitrogen and oxygen atoms in total. The first kappa shape index (κ1) is 14.3. The Balaban J connectivity index is 2.27. The van der Waals surface area contributed by atoms with Gasteiger partial charge in [-0.2, -0.15) is 0 Å². The molecule has 3 aromatic rings.